The molecule has 0 saturated heterocycles. The molecule has 6 nitrogen and oxygen atoms in total. The second-order valence-corrected chi connectivity index (χ2v) is 8.54. The predicted octanol–water partition coefficient (Wildman–Crippen LogP) is 6.32. The minimum Gasteiger partial charge on any atom is -0.504 e. The summed E-state index contributed by atoms with van der Waals surface area (Å²) in [5.74, 6) is -1.15. The lowest BCUT2D eigenvalue weighted by Crippen LogP contribution is -2.29. The molecule has 0 radical (unpaired) electrons. The van der Waals surface area contributed by atoms with Crippen molar-refractivity contribution < 1.29 is 32.2 Å². The number of nitrogens with zero attached hydrogens (tertiary/aromatic N) is 1. The molecule has 1 amide bonds. The van der Waals surface area contributed by atoms with Gasteiger partial charge in [-0.25, -0.2) is 0 Å². The van der Waals surface area contributed by atoms with Crippen molar-refractivity contribution in [3.8, 4) is 11.5 Å². The first kappa shape index (κ1) is 23.7. The van der Waals surface area contributed by atoms with Crippen LogP contribution in [-0.2, 0) is 6.18 Å². The smallest absolute Gasteiger partial charge is 0.416 e. The van der Waals surface area contributed by atoms with E-state index < -0.39 is 29.1 Å². The van der Waals surface area contributed by atoms with Crippen LogP contribution in [0.15, 0.2) is 69.9 Å². The Balaban J connectivity index is 1.80. The van der Waals surface area contributed by atoms with Gasteiger partial charge in [-0.15, -0.1) is 0 Å². The number of aromatic hydroxyl groups is 1. The number of ether oxygens (including phenoxy) is 1. The maximum Gasteiger partial charge on any atom is 0.416 e. The summed E-state index contributed by atoms with van der Waals surface area (Å²) in [6, 6.07) is 11.7. The minimum atomic E-state index is -4.65. The highest BCUT2D eigenvalue weighted by Gasteiger charge is 2.44. The summed E-state index contributed by atoms with van der Waals surface area (Å²) in [5.41, 5.74) is -1.21. The summed E-state index contributed by atoms with van der Waals surface area (Å²) in [4.78, 5) is 28.3. The number of alkyl halides is 3. The summed E-state index contributed by atoms with van der Waals surface area (Å²) >= 11 is 6.07. The van der Waals surface area contributed by atoms with E-state index >= 15 is 0 Å². The molecule has 184 valence electrons. The number of benzene rings is 3. The van der Waals surface area contributed by atoms with Crippen LogP contribution in [0.4, 0.5) is 18.9 Å². The van der Waals surface area contributed by atoms with Crippen LogP contribution in [0.2, 0.25) is 5.02 Å². The summed E-state index contributed by atoms with van der Waals surface area (Å²) in [7, 11) is 0. The van der Waals surface area contributed by atoms with Crippen molar-refractivity contribution in [1.82, 2.24) is 0 Å². The first-order valence-electron chi connectivity index (χ1n) is 10.8. The van der Waals surface area contributed by atoms with Gasteiger partial charge in [-0.3, -0.25) is 14.5 Å². The van der Waals surface area contributed by atoms with Gasteiger partial charge in [0.15, 0.2) is 16.9 Å². The van der Waals surface area contributed by atoms with Crippen LogP contribution in [-0.4, -0.2) is 17.6 Å². The van der Waals surface area contributed by atoms with Crippen LogP contribution >= 0.6 is 11.6 Å². The highest BCUT2D eigenvalue weighted by Crippen LogP contribution is 2.44. The van der Waals surface area contributed by atoms with E-state index in [0.717, 1.165) is 17.0 Å². The van der Waals surface area contributed by atoms with Gasteiger partial charge in [0.05, 0.1) is 29.2 Å². The van der Waals surface area contributed by atoms with Crippen molar-refractivity contribution >= 4 is 34.2 Å². The summed E-state index contributed by atoms with van der Waals surface area (Å²) in [6.07, 6.45) is -4.65. The van der Waals surface area contributed by atoms with Gasteiger partial charge in [-0.1, -0.05) is 23.7 Å². The molecular weight excluding hydrogens is 499 g/mol. The first-order valence-corrected chi connectivity index (χ1v) is 11.2. The highest BCUT2D eigenvalue weighted by atomic mass is 35.5. The fourth-order valence-corrected chi connectivity index (χ4v) is 4.50. The highest BCUT2D eigenvalue weighted by molar-refractivity contribution is 6.31. The van der Waals surface area contributed by atoms with Gasteiger partial charge in [-0.05, 0) is 61.0 Å². The van der Waals surface area contributed by atoms with Gasteiger partial charge in [0.1, 0.15) is 5.58 Å². The second kappa shape index (κ2) is 8.60. The fraction of sp³-hybridized carbons (Fsp3) is 0.154. The number of anilines is 1. The zero-order chi connectivity index (χ0) is 25.8. The number of phenols is 1. The monoisotopic (exact) mass is 515 g/mol. The number of fused-ring (bicyclic) bond motifs is 2. The summed E-state index contributed by atoms with van der Waals surface area (Å²) < 4.78 is 51.7. The van der Waals surface area contributed by atoms with Crippen LogP contribution in [0.5, 0.6) is 11.5 Å². The lowest BCUT2D eigenvalue weighted by molar-refractivity contribution is -0.137. The molecule has 5 rings (SSSR count). The third kappa shape index (κ3) is 3.85. The van der Waals surface area contributed by atoms with Crippen molar-refractivity contribution in [2.75, 3.05) is 11.5 Å². The average molecular weight is 516 g/mol. The zero-order valence-corrected chi connectivity index (χ0v) is 19.4. The van der Waals surface area contributed by atoms with E-state index in [4.69, 9.17) is 20.8 Å². The van der Waals surface area contributed by atoms with Crippen LogP contribution in [0.25, 0.3) is 11.0 Å². The number of rotatable bonds is 4. The third-order valence-corrected chi connectivity index (χ3v) is 6.12. The molecule has 0 saturated carbocycles. The van der Waals surface area contributed by atoms with Crippen molar-refractivity contribution in [1.29, 1.82) is 0 Å². The normalized spacial score (nSPS) is 15.4. The van der Waals surface area contributed by atoms with E-state index in [2.05, 4.69) is 0 Å². The predicted molar refractivity (Wildman–Crippen MR) is 127 cm³/mol. The van der Waals surface area contributed by atoms with Crippen LogP contribution in [0.3, 0.4) is 0 Å². The number of hydrogen-bond acceptors (Lipinski definition) is 5. The first-order chi connectivity index (χ1) is 17.1. The second-order valence-electron chi connectivity index (χ2n) is 8.10. The van der Waals surface area contributed by atoms with Crippen molar-refractivity contribution in [2.45, 2.75) is 19.1 Å². The van der Waals surface area contributed by atoms with E-state index in [1.165, 1.54) is 48.5 Å². The lowest BCUT2D eigenvalue weighted by atomic mass is 9.97. The van der Waals surface area contributed by atoms with E-state index in [0.29, 0.717) is 5.56 Å². The molecule has 1 aromatic heterocycles. The summed E-state index contributed by atoms with van der Waals surface area (Å²) in [5, 5.41) is 10.6. The quantitative estimate of drug-likeness (QED) is 0.344. The topological polar surface area (TPSA) is 80.0 Å². The Morgan fingerprint density at radius 2 is 1.86 bits per heavy atom. The SMILES string of the molecule is CCOc1cc(C2c3c(oc4ccc(Cl)cc4c3=O)C(=O)N2c2cccc(C(F)(F)F)c2)ccc1O. The molecular formula is C26H17ClF3NO5. The number of phenolic OH excluding ortho intramolecular Hbond substituents is 1. The van der Waals surface area contributed by atoms with E-state index in [9.17, 15) is 27.9 Å². The molecule has 1 N–H and O–H groups in total. The maximum absolute atomic E-state index is 13.6. The zero-order valence-electron chi connectivity index (χ0n) is 18.6. The number of carbonyl (C=O) groups is 1. The third-order valence-electron chi connectivity index (χ3n) is 5.88. The standard InChI is InChI=1S/C26H17ClF3NO5/c1-2-35-20-10-13(6-8-18(20)32)22-21-23(33)17-12-15(27)7-9-19(17)36-24(21)25(34)31(22)16-5-3-4-14(11-16)26(28,29)30/h3-12,22,32H,2H2,1H3. The molecule has 1 unspecified atom stereocenters. The van der Waals surface area contributed by atoms with Crippen LogP contribution < -0.4 is 15.1 Å². The van der Waals surface area contributed by atoms with Crippen LogP contribution in [0.1, 0.15) is 40.2 Å². The molecule has 0 aliphatic carbocycles. The van der Waals surface area contributed by atoms with Crippen molar-refractivity contribution in [2.24, 2.45) is 0 Å². The Hall–Kier alpha value is -3.98. The Morgan fingerprint density at radius 1 is 1.08 bits per heavy atom. The molecule has 0 bridgehead atoms. The van der Waals surface area contributed by atoms with Crippen LogP contribution in [0, 0.1) is 0 Å². The molecule has 0 fully saturated rings. The number of hydrogen-bond donors (Lipinski definition) is 1. The van der Waals surface area contributed by atoms with E-state index in [1.54, 1.807) is 6.92 Å². The molecule has 1 atom stereocenters. The average Bonchev–Trinajstić information content (AvgIpc) is 3.13. The Morgan fingerprint density at radius 3 is 2.58 bits per heavy atom. The maximum atomic E-state index is 13.6. The number of halogens is 4. The van der Waals surface area contributed by atoms with E-state index in [1.807, 2.05) is 0 Å². The molecule has 36 heavy (non-hydrogen) atoms. The van der Waals surface area contributed by atoms with Gasteiger partial charge in [-0.2, -0.15) is 13.2 Å². The Bertz CT molecular complexity index is 1580. The van der Waals surface area contributed by atoms with Gasteiger partial charge in [0.2, 0.25) is 5.76 Å². The van der Waals surface area contributed by atoms with E-state index in [-0.39, 0.29) is 51.1 Å². The molecule has 4 aromatic rings. The number of amides is 1. The molecule has 1 aliphatic rings. The molecule has 10 heteroatoms. The molecule has 2 heterocycles. The Labute approximate surface area is 207 Å². The van der Waals surface area contributed by atoms with Gasteiger partial charge >= 0.3 is 6.18 Å². The fourth-order valence-electron chi connectivity index (χ4n) is 4.33. The molecule has 1 aliphatic heterocycles. The summed E-state index contributed by atoms with van der Waals surface area (Å²) in [6.45, 7) is 1.93. The van der Waals surface area contributed by atoms with Crippen molar-refractivity contribution in [3.63, 3.8) is 0 Å². The largest absolute Gasteiger partial charge is 0.504 e. The lowest BCUT2D eigenvalue weighted by Gasteiger charge is -2.26. The Kier molecular flexibility index (Phi) is 5.67. The molecule has 3 aromatic carbocycles. The van der Waals surface area contributed by atoms with Gasteiger partial charge in [0, 0.05) is 10.7 Å². The van der Waals surface area contributed by atoms with Gasteiger partial charge in [0.25, 0.3) is 5.91 Å². The minimum absolute atomic E-state index is 0.0553. The van der Waals surface area contributed by atoms with Crippen molar-refractivity contribution in [3.05, 3.63) is 98.4 Å². The number of carbonyl (C=O) groups excluding carboxylic acids is 1. The van der Waals surface area contributed by atoms with Gasteiger partial charge < -0.3 is 14.3 Å². The molecule has 0 spiro atoms.